The van der Waals surface area contributed by atoms with E-state index in [1.807, 2.05) is 0 Å². The van der Waals surface area contributed by atoms with Crippen LogP contribution in [-0.4, -0.2) is 23.5 Å². The van der Waals surface area contributed by atoms with Crippen LogP contribution in [0.4, 0.5) is 0 Å². The fourth-order valence-corrected chi connectivity index (χ4v) is 0.721. The van der Waals surface area contributed by atoms with E-state index in [0.717, 1.165) is 6.08 Å². The Bertz CT molecular complexity index is 240. The van der Waals surface area contributed by atoms with Crippen molar-refractivity contribution < 1.29 is 14.3 Å². The van der Waals surface area contributed by atoms with Gasteiger partial charge in [-0.3, -0.25) is 4.79 Å². The molecule has 0 saturated carbocycles. The molecule has 1 atom stereocenters. The van der Waals surface area contributed by atoms with Gasteiger partial charge in [0.2, 0.25) is 5.91 Å². The van der Waals surface area contributed by atoms with E-state index in [1.54, 1.807) is 27.7 Å². The van der Waals surface area contributed by atoms with Gasteiger partial charge in [0.1, 0.15) is 11.6 Å². The second-order valence-corrected chi connectivity index (χ2v) is 3.97. The first kappa shape index (κ1) is 12.7. The molecule has 0 aromatic rings. The van der Waals surface area contributed by atoms with Gasteiger partial charge in [-0.25, -0.2) is 4.79 Å². The van der Waals surface area contributed by atoms with Gasteiger partial charge >= 0.3 is 5.97 Å². The van der Waals surface area contributed by atoms with Gasteiger partial charge < -0.3 is 10.1 Å². The van der Waals surface area contributed by atoms with Crippen LogP contribution in [0.5, 0.6) is 0 Å². The Morgan fingerprint density at radius 1 is 1.43 bits per heavy atom. The Labute approximate surface area is 84.3 Å². The number of ether oxygens (including phenoxy) is 1. The molecule has 0 aliphatic heterocycles. The zero-order valence-electron chi connectivity index (χ0n) is 9.09. The van der Waals surface area contributed by atoms with E-state index in [1.165, 1.54) is 0 Å². The maximum absolute atomic E-state index is 11.3. The van der Waals surface area contributed by atoms with E-state index in [2.05, 4.69) is 11.9 Å². The fraction of sp³-hybridized carbons (Fsp3) is 0.600. The third kappa shape index (κ3) is 5.35. The molecule has 0 spiro atoms. The quantitative estimate of drug-likeness (QED) is 0.545. The van der Waals surface area contributed by atoms with Crippen molar-refractivity contribution in [3.05, 3.63) is 12.7 Å². The molecular weight excluding hydrogens is 182 g/mol. The van der Waals surface area contributed by atoms with Crippen molar-refractivity contribution >= 4 is 11.9 Å². The van der Waals surface area contributed by atoms with Gasteiger partial charge in [0.05, 0.1) is 0 Å². The van der Waals surface area contributed by atoms with Crippen LogP contribution in [0.2, 0.25) is 0 Å². The van der Waals surface area contributed by atoms with Crippen molar-refractivity contribution in [2.45, 2.75) is 39.3 Å². The Balaban J connectivity index is 4.13. The average Bonchev–Trinajstić information content (AvgIpc) is 2.00. The first-order valence-electron chi connectivity index (χ1n) is 4.42. The highest BCUT2D eigenvalue weighted by molar-refractivity contribution is 5.90. The van der Waals surface area contributed by atoms with Gasteiger partial charge in [0.25, 0.3) is 0 Å². The molecular formula is C10H17NO3. The molecule has 0 aromatic carbocycles. The van der Waals surface area contributed by atoms with Gasteiger partial charge in [-0.2, -0.15) is 0 Å². The van der Waals surface area contributed by atoms with E-state index < -0.39 is 17.6 Å². The molecule has 1 N–H and O–H groups in total. The number of nitrogens with one attached hydrogen (secondary N) is 1. The minimum atomic E-state index is -0.653. The molecule has 0 aliphatic carbocycles. The lowest BCUT2D eigenvalue weighted by Gasteiger charge is -2.22. The SMILES string of the molecule is C=CC(=O)NC(C)C(=O)OC(C)(C)C. The maximum Gasteiger partial charge on any atom is 0.328 e. The molecule has 0 aromatic heterocycles. The highest BCUT2D eigenvalue weighted by Crippen LogP contribution is 2.08. The first-order valence-corrected chi connectivity index (χ1v) is 4.42. The van der Waals surface area contributed by atoms with E-state index >= 15 is 0 Å². The highest BCUT2D eigenvalue weighted by atomic mass is 16.6. The van der Waals surface area contributed by atoms with Crippen molar-refractivity contribution in [3.8, 4) is 0 Å². The summed E-state index contributed by atoms with van der Waals surface area (Å²) in [7, 11) is 0. The fourth-order valence-electron chi connectivity index (χ4n) is 0.721. The van der Waals surface area contributed by atoms with Crippen LogP contribution in [-0.2, 0) is 14.3 Å². The number of rotatable bonds is 3. The summed E-state index contributed by atoms with van der Waals surface area (Å²) in [6, 6.07) is -0.653. The Morgan fingerprint density at radius 2 is 1.93 bits per heavy atom. The summed E-state index contributed by atoms with van der Waals surface area (Å²) < 4.78 is 5.06. The third-order valence-corrected chi connectivity index (χ3v) is 1.30. The predicted molar refractivity (Wildman–Crippen MR) is 53.6 cm³/mol. The van der Waals surface area contributed by atoms with Crippen LogP contribution < -0.4 is 5.32 Å². The largest absolute Gasteiger partial charge is 0.458 e. The minimum Gasteiger partial charge on any atom is -0.458 e. The van der Waals surface area contributed by atoms with Crippen molar-refractivity contribution in [1.29, 1.82) is 0 Å². The highest BCUT2D eigenvalue weighted by Gasteiger charge is 2.22. The summed E-state index contributed by atoms with van der Waals surface area (Å²) in [4.78, 5) is 22.2. The zero-order valence-corrected chi connectivity index (χ0v) is 9.09. The molecule has 1 unspecified atom stereocenters. The van der Waals surface area contributed by atoms with Gasteiger partial charge in [0, 0.05) is 0 Å². The van der Waals surface area contributed by atoms with Crippen LogP contribution in [0.3, 0.4) is 0 Å². The lowest BCUT2D eigenvalue weighted by atomic mass is 10.2. The standard InChI is InChI=1S/C10H17NO3/c1-6-8(12)11-7(2)9(13)14-10(3,4)5/h6-7H,1H2,2-5H3,(H,11,12). The van der Waals surface area contributed by atoms with E-state index in [9.17, 15) is 9.59 Å². The average molecular weight is 199 g/mol. The molecule has 0 heterocycles. The van der Waals surface area contributed by atoms with Gasteiger partial charge in [-0.1, -0.05) is 6.58 Å². The Hall–Kier alpha value is -1.32. The van der Waals surface area contributed by atoms with Gasteiger partial charge in [-0.15, -0.1) is 0 Å². The normalized spacial score (nSPS) is 12.9. The van der Waals surface area contributed by atoms with Crippen molar-refractivity contribution in [2.75, 3.05) is 0 Å². The Kier molecular flexibility index (Phi) is 4.34. The molecule has 0 bridgehead atoms. The molecule has 0 fully saturated rings. The second-order valence-electron chi connectivity index (χ2n) is 3.97. The molecule has 0 radical (unpaired) electrons. The second kappa shape index (κ2) is 4.79. The van der Waals surface area contributed by atoms with Crippen LogP contribution in [0.15, 0.2) is 12.7 Å². The maximum atomic E-state index is 11.3. The topological polar surface area (TPSA) is 55.4 Å². The molecule has 0 saturated heterocycles. The zero-order chi connectivity index (χ0) is 11.4. The lowest BCUT2D eigenvalue weighted by molar-refractivity contribution is -0.157. The number of carbonyl (C=O) groups excluding carboxylic acids is 2. The summed E-state index contributed by atoms with van der Waals surface area (Å²) in [5.41, 5.74) is -0.537. The van der Waals surface area contributed by atoms with Crippen LogP contribution in [0.1, 0.15) is 27.7 Å². The summed E-state index contributed by atoms with van der Waals surface area (Å²) in [6.07, 6.45) is 1.11. The van der Waals surface area contributed by atoms with Crippen molar-refractivity contribution in [1.82, 2.24) is 5.32 Å². The van der Waals surface area contributed by atoms with Crippen LogP contribution in [0.25, 0.3) is 0 Å². The van der Waals surface area contributed by atoms with E-state index in [4.69, 9.17) is 4.74 Å². The molecule has 0 aliphatic rings. The first-order chi connectivity index (χ1) is 6.26. The number of hydrogen-bond acceptors (Lipinski definition) is 3. The summed E-state index contributed by atoms with van der Waals surface area (Å²) in [6.45, 7) is 10.2. The van der Waals surface area contributed by atoms with Gasteiger partial charge in [0.15, 0.2) is 0 Å². The number of amides is 1. The summed E-state index contributed by atoms with van der Waals surface area (Å²) in [5, 5.41) is 2.42. The summed E-state index contributed by atoms with van der Waals surface area (Å²) in [5.74, 6) is -0.837. The lowest BCUT2D eigenvalue weighted by Crippen LogP contribution is -2.41. The van der Waals surface area contributed by atoms with Gasteiger partial charge in [-0.05, 0) is 33.8 Å². The van der Waals surface area contributed by atoms with Crippen molar-refractivity contribution in [2.24, 2.45) is 0 Å². The number of hydrogen-bond donors (Lipinski definition) is 1. The molecule has 4 heteroatoms. The number of esters is 1. The van der Waals surface area contributed by atoms with Crippen LogP contribution >= 0.6 is 0 Å². The molecule has 1 amide bonds. The van der Waals surface area contributed by atoms with Crippen LogP contribution in [0, 0.1) is 0 Å². The number of carbonyl (C=O) groups is 2. The minimum absolute atomic E-state index is 0.386. The molecule has 0 rings (SSSR count). The predicted octanol–water partition coefficient (Wildman–Crippen LogP) is 1.02. The third-order valence-electron chi connectivity index (χ3n) is 1.30. The Morgan fingerprint density at radius 3 is 2.29 bits per heavy atom. The smallest absolute Gasteiger partial charge is 0.328 e. The summed E-state index contributed by atoms with van der Waals surface area (Å²) >= 11 is 0. The molecule has 80 valence electrons. The monoisotopic (exact) mass is 199 g/mol. The van der Waals surface area contributed by atoms with E-state index in [0.29, 0.717) is 0 Å². The van der Waals surface area contributed by atoms with E-state index in [-0.39, 0.29) is 5.91 Å². The molecule has 14 heavy (non-hydrogen) atoms. The molecule has 4 nitrogen and oxygen atoms in total. The van der Waals surface area contributed by atoms with Crippen molar-refractivity contribution in [3.63, 3.8) is 0 Å².